The number of ether oxygens (including phenoxy) is 2. The van der Waals surface area contributed by atoms with Gasteiger partial charge in [0.05, 0.1) is 19.9 Å². The summed E-state index contributed by atoms with van der Waals surface area (Å²) in [6.07, 6.45) is 0.800. The van der Waals surface area contributed by atoms with Gasteiger partial charge in [-0.25, -0.2) is 9.37 Å². The van der Waals surface area contributed by atoms with Crippen molar-refractivity contribution in [3.63, 3.8) is 0 Å². The molecule has 0 atom stereocenters. The molecule has 2 aromatic carbocycles. The van der Waals surface area contributed by atoms with Crippen LogP contribution in [0.2, 0.25) is 0 Å². The first-order valence-corrected chi connectivity index (χ1v) is 10.1. The van der Waals surface area contributed by atoms with Crippen molar-refractivity contribution in [1.29, 1.82) is 0 Å². The number of hydrogen-bond donors (Lipinski definition) is 1. The van der Waals surface area contributed by atoms with Crippen LogP contribution in [0.3, 0.4) is 0 Å². The zero-order valence-corrected chi connectivity index (χ0v) is 18.1. The molecule has 0 spiro atoms. The highest BCUT2D eigenvalue weighted by Gasteiger charge is 2.16. The molecule has 4 rings (SSSR count). The summed E-state index contributed by atoms with van der Waals surface area (Å²) < 4.78 is 25.9. The van der Waals surface area contributed by atoms with Gasteiger partial charge in [-0.1, -0.05) is 18.2 Å². The minimum atomic E-state index is -0.264. The average molecular weight is 420 g/mol. The molecular formula is C24H25FN4O2. The Morgan fingerprint density at radius 2 is 1.71 bits per heavy atom. The van der Waals surface area contributed by atoms with E-state index in [0.29, 0.717) is 18.0 Å². The van der Waals surface area contributed by atoms with Crippen LogP contribution in [-0.4, -0.2) is 35.4 Å². The van der Waals surface area contributed by atoms with Gasteiger partial charge >= 0.3 is 0 Å². The largest absolute Gasteiger partial charge is 0.493 e. The maximum absolute atomic E-state index is 13.4. The molecule has 0 saturated heterocycles. The normalized spacial score (nSPS) is 11.0. The number of rotatable bonds is 7. The predicted molar refractivity (Wildman–Crippen MR) is 120 cm³/mol. The van der Waals surface area contributed by atoms with E-state index in [2.05, 4.69) is 5.32 Å². The van der Waals surface area contributed by atoms with Crippen LogP contribution in [0.1, 0.15) is 17.0 Å². The number of aryl methyl sites for hydroxylation is 2. The van der Waals surface area contributed by atoms with Crippen molar-refractivity contribution in [3.8, 4) is 22.6 Å². The number of fused-ring (bicyclic) bond motifs is 1. The second kappa shape index (κ2) is 8.63. The van der Waals surface area contributed by atoms with E-state index in [4.69, 9.17) is 19.6 Å². The van der Waals surface area contributed by atoms with Crippen LogP contribution in [0.5, 0.6) is 11.5 Å². The molecule has 6 nitrogen and oxygen atoms in total. The van der Waals surface area contributed by atoms with Gasteiger partial charge in [-0.2, -0.15) is 9.61 Å². The van der Waals surface area contributed by atoms with E-state index in [1.165, 1.54) is 12.1 Å². The minimum absolute atomic E-state index is 0.264. The molecule has 0 amide bonds. The quantitative estimate of drug-likeness (QED) is 0.464. The Kier molecular flexibility index (Phi) is 5.75. The molecule has 160 valence electrons. The van der Waals surface area contributed by atoms with Crippen molar-refractivity contribution in [2.45, 2.75) is 20.3 Å². The topological polar surface area (TPSA) is 60.7 Å². The second-order valence-electron chi connectivity index (χ2n) is 7.35. The first kappa shape index (κ1) is 20.7. The van der Waals surface area contributed by atoms with Gasteiger partial charge in [-0.05, 0) is 55.7 Å². The third-order valence-electron chi connectivity index (χ3n) is 5.19. The molecule has 2 aromatic heterocycles. The van der Waals surface area contributed by atoms with Crippen LogP contribution in [0, 0.1) is 19.7 Å². The lowest BCUT2D eigenvalue weighted by Crippen LogP contribution is -2.10. The predicted octanol–water partition coefficient (Wildman–Crippen LogP) is 4.82. The number of nitrogens with one attached hydrogen (secondary N) is 1. The molecule has 1 N–H and O–H groups in total. The summed E-state index contributed by atoms with van der Waals surface area (Å²) in [6, 6.07) is 14.3. The van der Waals surface area contributed by atoms with Crippen molar-refractivity contribution >= 4 is 11.5 Å². The summed E-state index contributed by atoms with van der Waals surface area (Å²) in [5, 5.41) is 8.16. The maximum atomic E-state index is 13.4. The van der Waals surface area contributed by atoms with Crippen LogP contribution in [0.4, 0.5) is 10.2 Å². The fourth-order valence-electron chi connectivity index (χ4n) is 3.70. The molecule has 0 saturated carbocycles. The Morgan fingerprint density at radius 1 is 0.968 bits per heavy atom. The zero-order valence-electron chi connectivity index (χ0n) is 18.1. The standard InChI is InChI=1S/C24H25FN4O2/c1-15-13-22(26-12-11-17-5-10-20(30-3)21(14-17)31-4)29-24(27-15)23(16(2)28-29)18-6-8-19(25)9-7-18/h5-10,13-14,26H,11-12H2,1-4H3. The monoisotopic (exact) mass is 420 g/mol. The number of anilines is 1. The zero-order chi connectivity index (χ0) is 22.0. The van der Waals surface area contributed by atoms with E-state index in [1.807, 2.05) is 42.6 Å². The van der Waals surface area contributed by atoms with Crippen molar-refractivity contribution in [1.82, 2.24) is 14.6 Å². The summed E-state index contributed by atoms with van der Waals surface area (Å²) in [6.45, 7) is 4.60. The van der Waals surface area contributed by atoms with Crippen molar-refractivity contribution in [2.24, 2.45) is 0 Å². The van der Waals surface area contributed by atoms with Crippen molar-refractivity contribution in [2.75, 3.05) is 26.1 Å². The number of hydrogen-bond acceptors (Lipinski definition) is 5. The molecule has 0 aliphatic heterocycles. The van der Waals surface area contributed by atoms with Gasteiger partial charge in [0.1, 0.15) is 11.6 Å². The fraction of sp³-hybridized carbons (Fsp3) is 0.250. The number of benzene rings is 2. The summed E-state index contributed by atoms with van der Waals surface area (Å²) >= 11 is 0. The summed E-state index contributed by atoms with van der Waals surface area (Å²) in [7, 11) is 3.26. The molecule has 0 radical (unpaired) electrons. The lowest BCUT2D eigenvalue weighted by atomic mass is 10.1. The third-order valence-corrected chi connectivity index (χ3v) is 5.19. The van der Waals surface area contributed by atoms with Gasteiger partial charge in [0, 0.05) is 23.9 Å². The Labute approximate surface area is 180 Å². The number of nitrogens with zero attached hydrogens (tertiary/aromatic N) is 3. The van der Waals surface area contributed by atoms with E-state index >= 15 is 0 Å². The minimum Gasteiger partial charge on any atom is -0.493 e. The molecule has 0 unspecified atom stereocenters. The smallest absolute Gasteiger partial charge is 0.165 e. The molecule has 2 heterocycles. The maximum Gasteiger partial charge on any atom is 0.165 e. The first-order chi connectivity index (χ1) is 15.0. The fourth-order valence-corrected chi connectivity index (χ4v) is 3.70. The summed E-state index contributed by atoms with van der Waals surface area (Å²) in [4.78, 5) is 4.70. The van der Waals surface area contributed by atoms with E-state index < -0.39 is 0 Å². The molecule has 4 aromatic rings. The van der Waals surface area contributed by atoms with Gasteiger partial charge in [0.25, 0.3) is 0 Å². The van der Waals surface area contributed by atoms with E-state index in [-0.39, 0.29) is 5.82 Å². The number of halogens is 1. The molecule has 0 aliphatic rings. The van der Waals surface area contributed by atoms with Gasteiger partial charge in [-0.3, -0.25) is 0 Å². The van der Waals surface area contributed by atoms with E-state index in [9.17, 15) is 4.39 Å². The van der Waals surface area contributed by atoms with Crippen molar-refractivity contribution < 1.29 is 13.9 Å². The molecule has 7 heteroatoms. The van der Waals surface area contributed by atoms with Gasteiger partial charge in [0.15, 0.2) is 17.1 Å². The highest BCUT2D eigenvalue weighted by molar-refractivity contribution is 5.80. The van der Waals surface area contributed by atoms with Crippen LogP contribution in [0.15, 0.2) is 48.5 Å². The van der Waals surface area contributed by atoms with Gasteiger partial charge < -0.3 is 14.8 Å². The van der Waals surface area contributed by atoms with E-state index in [0.717, 1.165) is 46.0 Å². The molecule has 0 aliphatic carbocycles. The molecule has 31 heavy (non-hydrogen) atoms. The highest BCUT2D eigenvalue weighted by Crippen LogP contribution is 2.30. The summed E-state index contributed by atoms with van der Waals surface area (Å²) in [5.41, 5.74) is 5.40. The number of aromatic nitrogens is 3. The van der Waals surface area contributed by atoms with Crippen LogP contribution < -0.4 is 14.8 Å². The van der Waals surface area contributed by atoms with Crippen LogP contribution in [-0.2, 0) is 6.42 Å². The van der Waals surface area contributed by atoms with E-state index in [1.54, 1.807) is 26.4 Å². The SMILES string of the molecule is COc1ccc(CCNc2cc(C)nc3c(-c4ccc(F)cc4)c(C)nn23)cc1OC. The molecule has 0 fully saturated rings. The number of methoxy groups -OCH3 is 2. The first-order valence-electron chi connectivity index (χ1n) is 10.1. The average Bonchev–Trinajstić information content (AvgIpc) is 3.10. The van der Waals surface area contributed by atoms with Crippen LogP contribution >= 0.6 is 0 Å². The lowest BCUT2D eigenvalue weighted by Gasteiger charge is -2.12. The summed E-state index contributed by atoms with van der Waals surface area (Å²) in [5.74, 6) is 2.03. The Bertz CT molecular complexity index is 1220. The Balaban J connectivity index is 1.60. The second-order valence-corrected chi connectivity index (χ2v) is 7.35. The molecular weight excluding hydrogens is 395 g/mol. The Morgan fingerprint density at radius 3 is 2.42 bits per heavy atom. The van der Waals surface area contributed by atoms with Crippen molar-refractivity contribution in [3.05, 3.63) is 71.3 Å². The Hall–Kier alpha value is -3.61. The van der Waals surface area contributed by atoms with Gasteiger partial charge in [0.2, 0.25) is 0 Å². The highest BCUT2D eigenvalue weighted by atomic mass is 19.1. The van der Waals surface area contributed by atoms with Crippen LogP contribution in [0.25, 0.3) is 16.8 Å². The lowest BCUT2D eigenvalue weighted by molar-refractivity contribution is 0.354. The third kappa shape index (κ3) is 4.17. The molecule has 0 bridgehead atoms. The van der Waals surface area contributed by atoms with Gasteiger partial charge in [-0.15, -0.1) is 0 Å².